The fourth-order valence-electron chi connectivity index (χ4n) is 1.52. The first kappa shape index (κ1) is 10.4. The molecule has 82 valence electrons. The maximum Gasteiger partial charge on any atom is 0.407 e. The summed E-state index contributed by atoms with van der Waals surface area (Å²) in [4.78, 5) is 12.4. The van der Waals surface area contributed by atoms with Crippen LogP contribution in [0.15, 0.2) is 17.5 Å². The maximum absolute atomic E-state index is 11.3. The average molecular weight is 226 g/mol. The van der Waals surface area contributed by atoms with Crippen LogP contribution in [0.1, 0.15) is 11.3 Å². The van der Waals surface area contributed by atoms with Gasteiger partial charge in [-0.15, -0.1) is 11.3 Å². The number of alkyl carbamates (subject to hydrolysis) is 1. The fourth-order valence-corrected chi connectivity index (χ4v) is 2.13. The van der Waals surface area contributed by atoms with Crippen molar-refractivity contribution in [3.05, 3.63) is 22.4 Å². The molecule has 0 aliphatic carbocycles. The normalized spacial score (nSPS) is 20.1. The van der Waals surface area contributed by atoms with Crippen LogP contribution in [0.5, 0.6) is 0 Å². The highest BCUT2D eigenvalue weighted by Gasteiger charge is 2.17. The lowest BCUT2D eigenvalue weighted by atomic mass is 10.3. The Bertz CT molecular complexity index is 307. The molecule has 2 N–H and O–H groups in total. The van der Waals surface area contributed by atoms with Gasteiger partial charge in [0.1, 0.15) is 6.61 Å². The zero-order chi connectivity index (χ0) is 10.5. The lowest BCUT2D eigenvalue weighted by molar-refractivity contribution is 0.137. The molecular formula is C10H14N2O2S. The molecule has 5 heteroatoms. The number of hydrogen-bond donors (Lipinski definition) is 2. The van der Waals surface area contributed by atoms with E-state index in [4.69, 9.17) is 4.74 Å². The lowest BCUT2D eigenvalue weighted by Crippen LogP contribution is -2.36. The summed E-state index contributed by atoms with van der Waals surface area (Å²) in [6.45, 7) is 2.17. The third-order valence-electron chi connectivity index (χ3n) is 2.31. The third kappa shape index (κ3) is 3.21. The van der Waals surface area contributed by atoms with Crippen molar-refractivity contribution < 1.29 is 9.53 Å². The van der Waals surface area contributed by atoms with Gasteiger partial charge >= 0.3 is 6.09 Å². The quantitative estimate of drug-likeness (QED) is 0.817. The van der Waals surface area contributed by atoms with Crippen molar-refractivity contribution in [2.45, 2.75) is 19.1 Å². The van der Waals surface area contributed by atoms with Crippen LogP contribution in [0.3, 0.4) is 0 Å². The van der Waals surface area contributed by atoms with E-state index in [0.29, 0.717) is 6.61 Å². The van der Waals surface area contributed by atoms with Crippen molar-refractivity contribution in [3.63, 3.8) is 0 Å². The molecule has 2 heterocycles. The summed E-state index contributed by atoms with van der Waals surface area (Å²) in [5.74, 6) is 0. The minimum atomic E-state index is -0.322. The van der Waals surface area contributed by atoms with Gasteiger partial charge in [0.25, 0.3) is 0 Å². The molecule has 0 spiro atoms. The van der Waals surface area contributed by atoms with Crippen LogP contribution in [-0.4, -0.2) is 25.2 Å². The minimum Gasteiger partial charge on any atom is -0.444 e. The van der Waals surface area contributed by atoms with E-state index in [1.165, 1.54) is 0 Å². The second-order valence-electron chi connectivity index (χ2n) is 3.49. The van der Waals surface area contributed by atoms with Crippen molar-refractivity contribution in [1.82, 2.24) is 10.6 Å². The first-order valence-corrected chi connectivity index (χ1v) is 5.89. The Labute approximate surface area is 92.6 Å². The minimum absolute atomic E-state index is 0.223. The molecule has 1 unspecified atom stereocenters. The Balaban J connectivity index is 1.68. The fraction of sp³-hybridized carbons (Fsp3) is 0.500. The summed E-state index contributed by atoms with van der Waals surface area (Å²) in [7, 11) is 0. The van der Waals surface area contributed by atoms with Crippen LogP contribution in [0.2, 0.25) is 0 Å². The second-order valence-corrected chi connectivity index (χ2v) is 4.52. The average Bonchev–Trinajstić information content (AvgIpc) is 2.86. The number of hydrogen-bond acceptors (Lipinski definition) is 4. The number of carbonyl (C=O) groups excluding carboxylic acids is 1. The molecule has 4 nitrogen and oxygen atoms in total. The highest BCUT2D eigenvalue weighted by Crippen LogP contribution is 2.09. The topological polar surface area (TPSA) is 50.4 Å². The van der Waals surface area contributed by atoms with E-state index in [2.05, 4.69) is 10.6 Å². The zero-order valence-electron chi connectivity index (χ0n) is 8.36. The largest absolute Gasteiger partial charge is 0.444 e. The summed E-state index contributed by atoms with van der Waals surface area (Å²) in [5, 5.41) is 7.97. The Morgan fingerprint density at radius 3 is 3.33 bits per heavy atom. The first-order chi connectivity index (χ1) is 7.34. The highest BCUT2D eigenvalue weighted by molar-refractivity contribution is 7.09. The van der Waals surface area contributed by atoms with Gasteiger partial charge in [0.2, 0.25) is 0 Å². The number of amides is 1. The van der Waals surface area contributed by atoms with E-state index in [1.54, 1.807) is 11.3 Å². The van der Waals surface area contributed by atoms with Crippen LogP contribution >= 0.6 is 11.3 Å². The molecule has 1 amide bonds. The first-order valence-electron chi connectivity index (χ1n) is 5.01. The predicted molar refractivity (Wildman–Crippen MR) is 58.9 cm³/mol. The van der Waals surface area contributed by atoms with Gasteiger partial charge in [-0.1, -0.05) is 6.07 Å². The zero-order valence-corrected chi connectivity index (χ0v) is 9.18. The van der Waals surface area contributed by atoms with Gasteiger partial charge in [-0.25, -0.2) is 4.79 Å². The molecule has 1 saturated heterocycles. The summed E-state index contributed by atoms with van der Waals surface area (Å²) in [6, 6.07) is 4.12. The molecule has 1 atom stereocenters. The summed E-state index contributed by atoms with van der Waals surface area (Å²) >= 11 is 1.59. The standard InChI is InChI=1S/C10H14N2O2S/c13-10(12-8-3-4-11-6-8)14-7-9-2-1-5-15-9/h1-2,5,8,11H,3-4,6-7H2,(H,12,13). The van der Waals surface area contributed by atoms with E-state index >= 15 is 0 Å². The number of rotatable bonds is 3. The molecule has 0 aromatic carbocycles. The molecule has 0 bridgehead atoms. The lowest BCUT2D eigenvalue weighted by Gasteiger charge is -2.10. The third-order valence-corrected chi connectivity index (χ3v) is 3.16. The molecule has 1 fully saturated rings. The van der Waals surface area contributed by atoms with E-state index in [1.807, 2.05) is 17.5 Å². The van der Waals surface area contributed by atoms with Crippen LogP contribution in [-0.2, 0) is 11.3 Å². The van der Waals surface area contributed by atoms with Crippen molar-refractivity contribution in [2.75, 3.05) is 13.1 Å². The van der Waals surface area contributed by atoms with Gasteiger partial charge in [0.15, 0.2) is 0 Å². The van der Waals surface area contributed by atoms with Gasteiger partial charge in [-0.3, -0.25) is 0 Å². The molecule has 2 rings (SSSR count). The maximum atomic E-state index is 11.3. The predicted octanol–water partition coefficient (Wildman–Crippen LogP) is 1.34. The van der Waals surface area contributed by atoms with Crippen molar-refractivity contribution in [2.24, 2.45) is 0 Å². The SMILES string of the molecule is O=C(NC1CCNC1)OCc1cccs1. The van der Waals surface area contributed by atoms with Crippen molar-refractivity contribution >= 4 is 17.4 Å². The van der Waals surface area contributed by atoms with Crippen molar-refractivity contribution in [1.29, 1.82) is 0 Å². The number of carbonyl (C=O) groups is 1. The Kier molecular flexibility index (Phi) is 3.58. The Hall–Kier alpha value is -1.07. The molecule has 1 aromatic rings. The molecule has 1 aliphatic heterocycles. The van der Waals surface area contributed by atoms with E-state index < -0.39 is 0 Å². The van der Waals surface area contributed by atoms with Gasteiger partial charge < -0.3 is 15.4 Å². The Morgan fingerprint density at radius 1 is 1.73 bits per heavy atom. The van der Waals surface area contributed by atoms with E-state index in [9.17, 15) is 4.79 Å². The number of thiophene rings is 1. The number of nitrogens with one attached hydrogen (secondary N) is 2. The van der Waals surface area contributed by atoms with Crippen LogP contribution in [0.25, 0.3) is 0 Å². The molecule has 1 aliphatic rings. The molecule has 15 heavy (non-hydrogen) atoms. The van der Waals surface area contributed by atoms with Crippen molar-refractivity contribution in [3.8, 4) is 0 Å². The highest BCUT2D eigenvalue weighted by atomic mass is 32.1. The molecule has 1 aromatic heterocycles. The molecule has 0 saturated carbocycles. The van der Waals surface area contributed by atoms with E-state index in [-0.39, 0.29) is 12.1 Å². The summed E-state index contributed by atoms with van der Waals surface area (Å²) < 4.78 is 5.08. The van der Waals surface area contributed by atoms with Crippen LogP contribution in [0.4, 0.5) is 4.79 Å². The van der Waals surface area contributed by atoms with Gasteiger partial charge in [-0.05, 0) is 24.4 Å². The monoisotopic (exact) mass is 226 g/mol. The molecule has 0 radical (unpaired) electrons. The molecular weight excluding hydrogens is 212 g/mol. The van der Waals surface area contributed by atoms with Crippen LogP contribution in [0, 0.1) is 0 Å². The van der Waals surface area contributed by atoms with E-state index in [0.717, 1.165) is 24.4 Å². The summed E-state index contributed by atoms with van der Waals surface area (Å²) in [6.07, 6.45) is 0.658. The summed E-state index contributed by atoms with van der Waals surface area (Å²) in [5.41, 5.74) is 0. The Morgan fingerprint density at radius 2 is 2.67 bits per heavy atom. The second kappa shape index (κ2) is 5.14. The van der Waals surface area contributed by atoms with Gasteiger partial charge in [0.05, 0.1) is 0 Å². The van der Waals surface area contributed by atoms with Gasteiger partial charge in [-0.2, -0.15) is 0 Å². The number of ether oxygens (including phenoxy) is 1. The van der Waals surface area contributed by atoms with Crippen LogP contribution < -0.4 is 10.6 Å². The smallest absolute Gasteiger partial charge is 0.407 e. The van der Waals surface area contributed by atoms with Gasteiger partial charge in [0, 0.05) is 17.5 Å².